The van der Waals surface area contributed by atoms with E-state index < -0.39 is 36.2 Å². The molecule has 0 amide bonds. The van der Waals surface area contributed by atoms with Gasteiger partial charge < -0.3 is 38.6 Å². The lowest BCUT2D eigenvalue weighted by Gasteiger charge is -2.56. The first kappa shape index (κ1) is 40.7. The van der Waals surface area contributed by atoms with Gasteiger partial charge in [0.1, 0.15) is 0 Å². The Balaban J connectivity index is 1.36. The number of ether oxygens (including phenoxy) is 6. The van der Waals surface area contributed by atoms with E-state index in [4.69, 9.17) is 28.4 Å². The van der Waals surface area contributed by atoms with E-state index in [0.29, 0.717) is 39.3 Å². The maximum Gasteiger partial charge on any atom is 0.199 e. The van der Waals surface area contributed by atoms with Gasteiger partial charge in [0, 0.05) is 13.1 Å². The van der Waals surface area contributed by atoms with E-state index in [0.717, 1.165) is 11.1 Å². The van der Waals surface area contributed by atoms with Crippen molar-refractivity contribution in [3.05, 3.63) is 96.1 Å². The zero-order chi connectivity index (χ0) is 37.6. The maximum atomic E-state index is 11.7. The first-order valence-corrected chi connectivity index (χ1v) is 18.7. The quantitative estimate of drug-likeness (QED) is 0.166. The molecule has 10 heteroatoms. The van der Waals surface area contributed by atoms with Crippen molar-refractivity contribution >= 4 is 0 Å². The predicted octanol–water partition coefficient (Wildman–Crippen LogP) is 6.51. The number of β-amino-alcohol motifs (C(OH)–C–C–N with tert-alkyl or cyclic N) is 2. The van der Waals surface area contributed by atoms with Crippen molar-refractivity contribution in [1.29, 1.82) is 0 Å². The molecule has 2 aromatic rings. The van der Waals surface area contributed by atoms with Crippen molar-refractivity contribution in [1.82, 2.24) is 9.80 Å². The Morgan fingerprint density at radius 1 is 0.615 bits per heavy atom. The second-order valence-corrected chi connectivity index (χ2v) is 16.7. The molecule has 0 radical (unpaired) electrons. The Hall–Kier alpha value is -2.48. The molecule has 3 saturated heterocycles. The monoisotopic (exact) mass is 722 g/mol. The lowest BCUT2D eigenvalue weighted by molar-refractivity contribution is -0.434. The summed E-state index contributed by atoms with van der Waals surface area (Å²) in [5, 5.41) is 23.4. The third-order valence-electron chi connectivity index (χ3n) is 9.27. The second kappa shape index (κ2) is 17.3. The van der Waals surface area contributed by atoms with Crippen molar-refractivity contribution in [2.45, 2.75) is 128 Å². The predicted molar refractivity (Wildman–Crippen MR) is 201 cm³/mol. The molecule has 0 spiro atoms. The van der Waals surface area contributed by atoms with Gasteiger partial charge in [0.05, 0.1) is 60.9 Å². The molecule has 0 aromatic heterocycles. The number of hydrogen-bond donors (Lipinski definition) is 2. The number of aliphatic hydroxyl groups is 2. The summed E-state index contributed by atoms with van der Waals surface area (Å²) in [5.41, 5.74) is -0.698. The van der Waals surface area contributed by atoms with E-state index in [1.54, 1.807) is 13.8 Å². The van der Waals surface area contributed by atoms with Crippen molar-refractivity contribution in [2.24, 2.45) is 0 Å². The van der Waals surface area contributed by atoms with Gasteiger partial charge in [0.25, 0.3) is 0 Å². The molecule has 3 aliphatic heterocycles. The van der Waals surface area contributed by atoms with Crippen LogP contribution >= 0.6 is 0 Å². The molecule has 6 unspecified atom stereocenters. The smallest absolute Gasteiger partial charge is 0.199 e. The molecule has 2 aromatic carbocycles. The minimum absolute atomic E-state index is 0.198. The van der Waals surface area contributed by atoms with Crippen molar-refractivity contribution < 1.29 is 38.6 Å². The average Bonchev–Trinajstić information content (AvgIpc) is 3.07. The molecule has 0 aliphatic carbocycles. The summed E-state index contributed by atoms with van der Waals surface area (Å²) >= 11 is 0. The molecule has 8 atom stereocenters. The Bertz CT molecular complexity index is 1330. The van der Waals surface area contributed by atoms with Crippen molar-refractivity contribution in [2.75, 3.05) is 39.5 Å². The molecular weight excluding hydrogens is 660 g/mol. The number of rotatable bonds is 14. The number of morpholine rings is 2. The largest absolute Gasteiger partial charge is 0.385 e. The molecule has 0 bridgehead atoms. The molecule has 2 N–H and O–H groups in total. The SMILES string of the molecule is CC(O)(/C=C/CCOC(C)(C)C)CN1C2OC3OC[C@@H](c4ccccc4)N(CC(C)(O)/C=C/CCOC(C)(C)C)C3OC2OC[C@H]1c1ccccc1. The van der Waals surface area contributed by atoms with Crippen LogP contribution in [-0.4, -0.2) is 107 Å². The van der Waals surface area contributed by atoms with Crippen LogP contribution in [0, 0.1) is 0 Å². The van der Waals surface area contributed by atoms with Crippen LogP contribution < -0.4 is 0 Å². The van der Waals surface area contributed by atoms with Crippen LogP contribution in [0.25, 0.3) is 0 Å². The Kier molecular flexibility index (Phi) is 13.6. The number of hydrogen-bond acceptors (Lipinski definition) is 10. The normalized spacial score (nSPS) is 28.7. The fraction of sp³-hybridized carbons (Fsp3) is 0.619. The van der Waals surface area contributed by atoms with Crippen molar-refractivity contribution in [3.63, 3.8) is 0 Å². The summed E-state index contributed by atoms with van der Waals surface area (Å²) in [5.74, 6) is 0. The fourth-order valence-corrected chi connectivity index (χ4v) is 6.88. The molecular formula is C42H62N2O8. The minimum Gasteiger partial charge on any atom is -0.385 e. The van der Waals surface area contributed by atoms with Gasteiger partial charge in [0.2, 0.25) is 0 Å². The van der Waals surface area contributed by atoms with Crippen LogP contribution in [0.3, 0.4) is 0 Å². The second-order valence-electron chi connectivity index (χ2n) is 16.7. The Labute approximate surface area is 311 Å². The molecule has 3 aliphatic rings. The van der Waals surface area contributed by atoms with Gasteiger partial charge in [-0.15, -0.1) is 0 Å². The van der Waals surface area contributed by atoms with Gasteiger partial charge in [-0.25, -0.2) is 0 Å². The molecule has 10 nitrogen and oxygen atoms in total. The Morgan fingerprint density at radius 2 is 0.981 bits per heavy atom. The molecule has 288 valence electrons. The molecule has 0 saturated carbocycles. The van der Waals surface area contributed by atoms with Gasteiger partial charge in [-0.3, -0.25) is 9.80 Å². The highest BCUT2D eigenvalue weighted by Crippen LogP contribution is 2.42. The zero-order valence-corrected chi connectivity index (χ0v) is 32.4. The topological polar surface area (TPSA) is 102 Å². The third-order valence-corrected chi connectivity index (χ3v) is 9.27. The van der Waals surface area contributed by atoms with E-state index in [1.165, 1.54) is 0 Å². The Morgan fingerprint density at radius 3 is 1.33 bits per heavy atom. The van der Waals surface area contributed by atoms with Crippen LogP contribution in [0.4, 0.5) is 0 Å². The average molecular weight is 723 g/mol. The number of fused-ring (bicyclic) bond motifs is 2. The van der Waals surface area contributed by atoms with Crippen LogP contribution in [0.5, 0.6) is 0 Å². The summed E-state index contributed by atoms with van der Waals surface area (Å²) in [7, 11) is 0. The van der Waals surface area contributed by atoms with E-state index in [-0.39, 0.29) is 36.4 Å². The lowest BCUT2D eigenvalue weighted by Crippen LogP contribution is -2.69. The van der Waals surface area contributed by atoms with E-state index in [1.807, 2.05) is 102 Å². The van der Waals surface area contributed by atoms with Crippen LogP contribution in [0.2, 0.25) is 0 Å². The molecule has 5 rings (SSSR count). The van der Waals surface area contributed by atoms with E-state index in [2.05, 4.69) is 34.1 Å². The fourth-order valence-electron chi connectivity index (χ4n) is 6.88. The summed E-state index contributed by atoms with van der Waals surface area (Å²) in [6.07, 6.45) is 6.13. The van der Waals surface area contributed by atoms with Crippen LogP contribution in [-0.2, 0) is 28.4 Å². The summed E-state index contributed by atoms with van der Waals surface area (Å²) in [6.45, 7) is 18.2. The summed E-state index contributed by atoms with van der Waals surface area (Å²) in [4.78, 5) is 4.26. The van der Waals surface area contributed by atoms with Gasteiger partial charge in [-0.1, -0.05) is 85.0 Å². The molecule has 3 fully saturated rings. The van der Waals surface area contributed by atoms with E-state index in [9.17, 15) is 10.2 Å². The third kappa shape index (κ3) is 11.8. The first-order valence-electron chi connectivity index (χ1n) is 18.7. The highest BCUT2D eigenvalue weighted by atomic mass is 16.8. The highest BCUT2D eigenvalue weighted by Gasteiger charge is 2.54. The lowest BCUT2D eigenvalue weighted by atomic mass is 9.98. The number of benzene rings is 2. The molecule has 52 heavy (non-hydrogen) atoms. The van der Waals surface area contributed by atoms with Crippen LogP contribution in [0.1, 0.15) is 91.4 Å². The zero-order valence-electron chi connectivity index (χ0n) is 32.4. The first-order chi connectivity index (χ1) is 24.5. The van der Waals surface area contributed by atoms with Crippen molar-refractivity contribution in [3.8, 4) is 0 Å². The summed E-state index contributed by atoms with van der Waals surface area (Å²) < 4.78 is 38.2. The number of nitrogens with zero attached hydrogens (tertiary/aromatic N) is 2. The van der Waals surface area contributed by atoms with Crippen LogP contribution in [0.15, 0.2) is 85.0 Å². The molecule has 3 heterocycles. The standard InChI is InChI=1S/C42H62N2O8/c1-39(2,3)49-25-17-15-23-41(7,45)29-43-33(31-19-11-9-12-20-31)27-47-37-35(43)51-38-36(52-37)44(34(28-48-38)32-21-13-10-14-22-32)30-42(8,46)24-16-18-26-50-40(4,5)6/h9-16,19-24,33-38,45-46H,17-18,25-30H2,1-8H3/b23-15+,24-16+/t33-,34-,35?,36?,37?,38?,41?,42?/m0/s1. The van der Waals surface area contributed by atoms with Gasteiger partial charge in [-0.05, 0) is 79.4 Å². The van der Waals surface area contributed by atoms with Gasteiger partial charge >= 0.3 is 0 Å². The minimum atomic E-state index is -1.18. The maximum absolute atomic E-state index is 11.7. The van der Waals surface area contributed by atoms with Gasteiger partial charge in [-0.2, -0.15) is 0 Å². The van der Waals surface area contributed by atoms with Gasteiger partial charge in [0.15, 0.2) is 25.0 Å². The summed E-state index contributed by atoms with van der Waals surface area (Å²) in [6, 6.07) is 19.9. The van der Waals surface area contributed by atoms with E-state index >= 15 is 0 Å². The highest BCUT2D eigenvalue weighted by molar-refractivity contribution is 5.22.